The summed E-state index contributed by atoms with van der Waals surface area (Å²) < 4.78 is 5.66. The first-order valence-corrected chi connectivity index (χ1v) is 6.23. The van der Waals surface area contributed by atoms with E-state index in [1.165, 1.54) is 0 Å². The molecule has 2 aromatic rings. The van der Waals surface area contributed by atoms with E-state index in [1.807, 2.05) is 36.4 Å². The zero-order valence-corrected chi connectivity index (χ0v) is 10.7. The summed E-state index contributed by atoms with van der Waals surface area (Å²) in [6.07, 6.45) is 3.40. The van der Waals surface area contributed by atoms with Crippen LogP contribution in [0.3, 0.4) is 0 Å². The van der Waals surface area contributed by atoms with Crippen molar-refractivity contribution in [2.45, 2.75) is 6.61 Å². The van der Waals surface area contributed by atoms with E-state index in [-0.39, 0.29) is 0 Å². The van der Waals surface area contributed by atoms with Crippen molar-refractivity contribution in [2.24, 2.45) is 0 Å². The largest absolute Gasteiger partial charge is 0.487 e. The molecule has 0 aliphatic carbocycles. The standard InChI is InChI=1S/C15H13NOS/c18-8-4-7-14-9-15(11-16-10-14)17-12-13-5-2-1-3-6-13/h1-3,5-6,9-11,18H,8,12H2. The van der Waals surface area contributed by atoms with Gasteiger partial charge in [-0.3, -0.25) is 4.98 Å². The van der Waals surface area contributed by atoms with Crippen LogP contribution in [0.15, 0.2) is 48.8 Å². The van der Waals surface area contributed by atoms with Gasteiger partial charge < -0.3 is 4.74 Å². The van der Waals surface area contributed by atoms with Crippen LogP contribution in [0.2, 0.25) is 0 Å². The summed E-state index contributed by atoms with van der Waals surface area (Å²) in [7, 11) is 0. The predicted octanol–water partition coefficient (Wildman–Crippen LogP) is 2.94. The van der Waals surface area contributed by atoms with Crippen molar-refractivity contribution in [1.29, 1.82) is 0 Å². The van der Waals surface area contributed by atoms with E-state index in [0.717, 1.165) is 16.9 Å². The lowest BCUT2D eigenvalue weighted by Gasteiger charge is -2.05. The molecule has 2 nitrogen and oxygen atoms in total. The monoisotopic (exact) mass is 255 g/mol. The summed E-state index contributed by atoms with van der Waals surface area (Å²) in [5.41, 5.74) is 1.97. The molecule has 0 aliphatic rings. The van der Waals surface area contributed by atoms with Crippen LogP contribution in [-0.2, 0) is 6.61 Å². The number of aromatic nitrogens is 1. The molecule has 1 aromatic heterocycles. The molecule has 0 unspecified atom stereocenters. The first-order valence-electron chi connectivity index (χ1n) is 5.60. The van der Waals surface area contributed by atoms with Crippen molar-refractivity contribution in [3.8, 4) is 17.6 Å². The number of rotatable bonds is 3. The molecule has 2 rings (SSSR count). The highest BCUT2D eigenvalue weighted by atomic mass is 32.1. The second kappa shape index (κ2) is 6.73. The fourth-order valence-corrected chi connectivity index (χ4v) is 1.53. The molecule has 0 saturated heterocycles. The van der Waals surface area contributed by atoms with Crippen LogP contribution in [0.5, 0.6) is 5.75 Å². The normalized spacial score (nSPS) is 9.39. The number of nitrogens with zero attached hydrogens (tertiary/aromatic N) is 1. The summed E-state index contributed by atoms with van der Waals surface area (Å²) in [5.74, 6) is 7.11. The third-order valence-electron chi connectivity index (χ3n) is 2.27. The molecule has 0 bridgehead atoms. The van der Waals surface area contributed by atoms with E-state index in [9.17, 15) is 0 Å². The Bertz CT molecular complexity index is 557. The number of pyridine rings is 1. The molecule has 0 amide bonds. The maximum atomic E-state index is 5.66. The third kappa shape index (κ3) is 3.83. The fourth-order valence-electron chi connectivity index (χ4n) is 1.45. The summed E-state index contributed by atoms with van der Waals surface area (Å²) in [6, 6.07) is 11.9. The molecule has 90 valence electrons. The van der Waals surface area contributed by atoms with Crippen LogP contribution in [0, 0.1) is 11.8 Å². The van der Waals surface area contributed by atoms with Gasteiger partial charge >= 0.3 is 0 Å². The van der Waals surface area contributed by atoms with E-state index < -0.39 is 0 Å². The molecule has 18 heavy (non-hydrogen) atoms. The number of thiol groups is 1. The number of ether oxygens (including phenoxy) is 1. The average Bonchev–Trinajstić information content (AvgIpc) is 2.44. The fraction of sp³-hybridized carbons (Fsp3) is 0.133. The van der Waals surface area contributed by atoms with Crippen molar-refractivity contribution in [3.63, 3.8) is 0 Å². The number of hydrogen-bond donors (Lipinski definition) is 1. The molecule has 0 radical (unpaired) electrons. The second-order valence-electron chi connectivity index (χ2n) is 3.64. The molecular weight excluding hydrogens is 242 g/mol. The number of benzene rings is 1. The van der Waals surface area contributed by atoms with E-state index >= 15 is 0 Å². The predicted molar refractivity (Wildman–Crippen MR) is 75.7 cm³/mol. The summed E-state index contributed by atoms with van der Waals surface area (Å²) >= 11 is 4.04. The molecule has 1 heterocycles. The van der Waals surface area contributed by atoms with Gasteiger partial charge in [0, 0.05) is 11.8 Å². The van der Waals surface area contributed by atoms with Crippen LogP contribution in [0.1, 0.15) is 11.1 Å². The molecular formula is C15H13NOS. The highest BCUT2D eigenvalue weighted by Crippen LogP contribution is 2.12. The smallest absolute Gasteiger partial charge is 0.139 e. The van der Waals surface area contributed by atoms with Crippen LogP contribution < -0.4 is 4.74 Å². The van der Waals surface area contributed by atoms with Crippen LogP contribution in [0.4, 0.5) is 0 Å². The molecule has 1 aromatic carbocycles. The molecule has 0 saturated carbocycles. The Labute approximate surface area is 112 Å². The molecule has 3 heteroatoms. The van der Waals surface area contributed by atoms with Crippen LogP contribution in [-0.4, -0.2) is 10.7 Å². The van der Waals surface area contributed by atoms with Gasteiger partial charge in [0.2, 0.25) is 0 Å². The molecule has 0 aliphatic heterocycles. The van der Waals surface area contributed by atoms with Gasteiger partial charge in [-0.2, -0.15) is 12.6 Å². The van der Waals surface area contributed by atoms with Crippen LogP contribution in [0.25, 0.3) is 0 Å². The third-order valence-corrected chi connectivity index (χ3v) is 2.43. The van der Waals surface area contributed by atoms with Crippen molar-refractivity contribution in [2.75, 3.05) is 5.75 Å². The summed E-state index contributed by atoms with van der Waals surface area (Å²) in [6.45, 7) is 0.534. The maximum absolute atomic E-state index is 5.66. The first kappa shape index (κ1) is 12.5. The Balaban J connectivity index is 2.01. The average molecular weight is 255 g/mol. The van der Waals surface area contributed by atoms with E-state index in [0.29, 0.717) is 12.4 Å². The van der Waals surface area contributed by atoms with Gasteiger partial charge in [-0.1, -0.05) is 42.2 Å². The Hall–Kier alpha value is -1.92. The molecule has 0 fully saturated rings. The Morgan fingerprint density at radius 3 is 2.78 bits per heavy atom. The highest BCUT2D eigenvalue weighted by molar-refractivity contribution is 7.80. The van der Waals surface area contributed by atoms with Gasteiger partial charge in [0.25, 0.3) is 0 Å². The van der Waals surface area contributed by atoms with E-state index in [4.69, 9.17) is 4.74 Å². The lowest BCUT2D eigenvalue weighted by molar-refractivity contribution is 0.305. The van der Waals surface area contributed by atoms with Gasteiger partial charge in [0.1, 0.15) is 12.4 Å². The summed E-state index contributed by atoms with van der Waals surface area (Å²) in [4.78, 5) is 4.10. The van der Waals surface area contributed by atoms with Crippen LogP contribution >= 0.6 is 12.6 Å². The Kier molecular flexibility index (Phi) is 4.68. The highest BCUT2D eigenvalue weighted by Gasteiger charge is 1.97. The first-order chi connectivity index (χ1) is 8.88. The quantitative estimate of drug-likeness (QED) is 0.673. The van der Waals surface area contributed by atoms with E-state index in [1.54, 1.807) is 12.4 Å². The van der Waals surface area contributed by atoms with Gasteiger partial charge in [-0.25, -0.2) is 0 Å². The minimum absolute atomic E-state index is 0.534. The summed E-state index contributed by atoms with van der Waals surface area (Å²) in [5, 5.41) is 0. The van der Waals surface area contributed by atoms with Crippen molar-refractivity contribution >= 4 is 12.6 Å². The molecule has 0 atom stereocenters. The van der Waals surface area contributed by atoms with Gasteiger partial charge in [-0.05, 0) is 11.6 Å². The Morgan fingerprint density at radius 1 is 1.17 bits per heavy atom. The van der Waals surface area contributed by atoms with Gasteiger partial charge in [-0.15, -0.1) is 0 Å². The zero-order valence-electron chi connectivity index (χ0n) is 9.84. The Morgan fingerprint density at radius 2 is 2.00 bits per heavy atom. The zero-order chi connectivity index (χ0) is 12.6. The lowest BCUT2D eigenvalue weighted by Crippen LogP contribution is -1.95. The van der Waals surface area contributed by atoms with Crippen molar-refractivity contribution in [3.05, 3.63) is 59.9 Å². The van der Waals surface area contributed by atoms with E-state index in [2.05, 4.69) is 29.5 Å². The van der Waals surface area contributed by atoms with Gasteiger partial charge in [0.15, 0.2) is 0 Å². The van der Waals surface area contributed by atoms with Crippen molar-refractivity contribution < 1.29 is 4.74 Å². The topological polar surface area (TPSA) is 22.1 Å². The molecule has 0 spiro atoms. The van der Waals surface area contributed by atoms with Crippen molar-refractivity contribution in [1.82, 2.24) is 4.98 Å². The maximum Gasteiger partial charge on any atom is 0.139 e. The van der Waals surface area contributed by atoms with Gasteiger partial charge in [0.05, 0.1) is 11.9 Å². The second-order valence-corrected chi connectivity index (χ2v) is 3.96. The minimum atomic E-state index is 0.534. The number of hydrogen-bond acceptors (Lipinski definition) is 3. The minimum Gasteiger partial charge on any atom is -0.487 e. The molecule has 0 N–H and O–H groups in total. The SMILES string of the molecule is SCC#Cc1cncc(OCc2ccccc2)c1. The lowest BCUT2D eigenvalue weighted by atomic mass is 10.2.